The highest BCUT2D eigenvalue weighted by atomic mass is 32.1. The Labute approximate surface area is 211 Å². The summed E-state index contributed by atoms with van der Waals surface area (Å²) in [7, 11) is 2.08. The molecule has 4 rings (SSSR count). The number of hydrogen-bond donors (Lipinski definition) is 2. The van der Waals surface area contributed by atoms with Crippen molar-refractivity contribution in [3.05, 3.63) is 17.5 Å². The molecule has 2 fully saturated rings. The van der Waals surface area contributed by atoms with Crippen molar-refractivity contribution in [2.75, 3.05) is 81.6 Å². The Balaban J connectivity index is 1.41. The lowest BCUT2D eigenvalue weighted by molar-refractivity contribution is -0.137. The molecule has 2 aliphatic rings. The smallest absolute Gasteiger partial charge is 0.379 e. The monoisotopic (exact) mass is 528 g/mol. The molecule has 0 radical (unpaired) electrons. The number of rotatable bonds is 8. The predicted octanol–water partition coefficient (Wildman–Crippen LogP) is 2.81. The second-order valence-electron chi connectivity index (χ2n) is 8.80. The Morgan fingerprint density at radius 3 is 2.67 bits per heavy atom. The average Bonchev–Trinajstić information content (AvgIpc) is 3.06. The molecule has 0 spiro atoms. The quantitative estimate of drug-likeness (QED) is 0.501. The fourth-order valence-electron chi connectivity index (χ4n) is 3.95. The Morgan fingerprint density at radius 2 is 1.92 bits per heavy atom. The topological polar surface area (TPSA) is 98.8 Å². The van der Waals surface area contributed by atoms with Gasteiger partial charge in [-0.3, -0.25) is 4.79 Å². The van der Waals surface area contributed by atoms with E-state index in [-0.39, 0.29) is 24.2 Å². The summed E-state index contributed by atoms with van der Waals surface area (Å²) in [6.45, 7) is 7.46. The molecule has 14 heteroatoms. The summed E-state index contributed by atoms with van der Waals surface area (Å²) < 4.78 is 46.0. The third-order valence-electron chi connectivity index (χ3n) is 6.09. The van der Waals surface area contributed by atoms with E-state index >= 15 is 0 Å². The number of aryl methyl sites for hydroxylation is 1. The molecule has 2 aliphatic heterocycles. The zero-order valence-corrected chi connectivity index (χ0v) is 21.2. The van der Waals surface area contributed by atoms with Crippen LogP contribution in [-0.4, -0.2) is 96.7 Å². The van der Waals surface area contributed by atoms with Crippen LogP contribution in [0.5, 0.6) is 0 Å². The number of thiazole rings is 1. The molecule has 2 N–H and O–H groups in total. The third-order valence-corrected chi connectivity index (χ3v) is 7.23. The van der Waals surface area contributed by atoms with Gasteiger partial charge in [0.25, 0.3) is 0 Å². The van der Waals surface area contributed by atoms with Crippen molar-refractivity contribution >= 4 is 39.1 Å². The van der Waals surface area contributed by atoms with Gasteiger partial charge in [-0.15, -0.1) is 0 Å². The lowest BCUT2D eigenvalue weighted by atomic mass is 10.3. The molecule has 0 saturated carbocycles. The van der Waals surface area contributed by atoms with E-state index in [0.29, 0.717) is 44.1 Å². The molecule has 10 nitrogen and oxygen atoms in total. The fraction of sp³-hybridized carbons (Fsp3) is 0.636. The largest absolute Gasteiger partial charge is 0.421 e. The highest BCUT2D eigenvalue weighted by Gasteiger charge is 2.35. The van der Waals surface area contributed by atoms with Gasteiger partial charge in [-0.2, -0.15) is 18.2 Å². The number of hydrogen-bond acceptors (Lipinski definition) is 10. The average molecular weight is 529 g/mol. The van der Waals surface area contributed by atoms with Gasteiger partial charge in [-0.05, 0) is 20.4 Å². The molecular formula is C22H31F3N8O2S. The normalized spacial score (nSPS) is 17.9. The summed E-state index contributed by atoms with van der Waals surface area (Å²) in [5.74, 6) is -0.248. The number of alkyl halides is 3. The van der Waals surface area contributed by atoms with E-state index in [1.165, 1.54) is 11.3 Å². The Bertz CT molecular complexity index is 1040. The van der Waals surface area contributed by atoms with E-state index in [2.05, 4.69) is 42.4 Å². The van der Waals surface area contributed by atoms with Gasteiger partial charge in [-0.1, -0.05) is 11.3 Å². The summed E-state index contributed by atoms with van der Waals surface area (Å²) in [4.78, 5) is 30.8. The lowest BCUT2D eigenvalue weighted by Crippen LogP contribution is -2.44. The molecule has 0 atom stereocenters. The van der Waals surface area contributed by atoms with Gasteiger partial charge in [0.2, 0.25) is 11.9 Å². The molecule has 0 aromatic carbocycles. The Morgan fingerprint density at radius 1 is 1.14 bits per heavy atom. The molecule has 2 aromatic heterocycles. The first-order valence-electron chi connectivity index (χ1n) is 11.9. The van der Waals surface area contributed by atoms with Crippen molar-refractivity contribution in [3.63, 3.8) is 0 Å². The number of halogens is 3. The summed E-state index contributed by atoms with van der Waals surface area (Å²) in [5.41, 5.74) is -0.204. The number of nitrogens with one attached hydrogen (secondary N) is 2. The van der Waals surface area contributed by atoms with Crippen LogP contribution in [0, 0.1) is 6.92 Å². The van der Waals surface area contributed by atoms with Crippen LogP contribution >= 0.6 is 11.3 Å². The lowest BCUT2D eigenvalue weighted by Gasteiger charge is -2.32. The first-order valence-corrected chi connectivity index (χ1v) is 12.7. The summed E-state index contributed by atoms with van der Waals surface area (Å²) in [6.07, 6.45) is -3.03. The summed E-state index contributed by atoms with van der Waals surface area (Å²) in [5, 5.41) is 7.38. The SMILES string of the molecule is Cc1nc(N2CCN(C)CC2)sc1Nc1ncc(C(F)(F)F)c(NCCCN2CCOCCC2=O)n1. The Hall–Kier alpha value is -2.71. The maximum absolute atomic E-state index is 13.6. The number of ether oxygens (including phenoxy) is 1. The number of anilines is 4. The second-order valence-corrected chi connectivity index (χ2v) is 9.78. The van der Waals surface area contributed by atoms with Crippen LogP contribution in [0.1, 0.15) is 24.1 Å². The van der Waals surface area contributed by atoms with E-state index in [1.54, 1.807) is 4.90 Å². The first-order chi connectivity index (χ1) is 17.2. The predicted molar refractivity (Wildman–Crippen MR) is 132 cm³/mol. The van der Waals surface area contributed by atoms with Crippen LogP contribution in [-0.2, 0) is 15.7 Å². The molecule has 2 saturated heterocycles. The Kier molecular flexibility index (Phi) is 8.46. The van der Waals surface area contributed by atoms with E-state index in [9.17, 15) is 18.0 Å². The van der Waals surface area contributed by atoms with Crippen molar-refractivity contribution in [1.82, 2.24) is 24.8 Å². The minimum absolute atomic E-state index is 0.00660. The maximum atomic E-state index is 13.6. The van der Waals surface area contributed by atoms with Gasteiger partial charge in [-0.25, -0.2) is 9.97 Å². The number of carbonyl (C=O) groups is 1. The molecule has 2 aromatic rings. The number of carbonyl (C=O) groups excluding carboxylic acids is 1. The molecule has 36 heavy (non-hydrogen) atoms. The number of aromatic nitrogens is 3. The van der Waals surface area contributed by atoms with Crippen molar-refractivity contribution in [3.8, 4) is 0 Å². The molecular weight excluding hydrogens is 497 g/mol. The van der Waals surface area contributed by atoms with Gasteiger partial charge in [0.1, 0.15) is 16.4 Å². The minimum Gasteiger partial charge on any atom is -0.379 e. The van der Waals surface area contributed by atoms with Crippen molar-refractivity contribution in [2.24, 2.45) is 0 Å². The van der Waals surface area contributed by atoms with Gasteiger partial charge >= 0.3 is 6.18 Å². The second kappa shape index (κ2) is 11.6. The van der Waals surface area contributed by atoms with E-state index in [0.717, 1.165) is 43.2 Å². The van der Waals surface area contributed by atoms with Gasteiger partial charge in [0.05, 0.1) is 25.3 Å². The number of nitrogens with zero attached hydrogens (tertiary/aromatic N) is 6. The van der Waals surface area contributed by atoms with E-state index < -0.39 is 11.7 Å². The first kappa shape index (κ1) is 26.4. The highest BCUT2D eigenvalue weighted by molar-refractivity contribution is 7.19. The van der Waals surface area contributed by atoms with Crippen LogP contribution in [0.4, 0.5) is 35.1 Å². The fourth-order valence-corrected chi connectivity index (χ4v) is 4.96. The summed E-state index contributed by atoms with van der Waals surface area (Å²) >= 11 is 1.43. The van der Waals surface area contributed by atoms with Crippen molar-refractivity contribution in [2.45, 2.75) is 25.9 Å². The van der Waals surface area contributed by atoms with Crippen LogP contribution < -0.4 is 15.5 Å². The molecule has 0 unspecified atom stereocenters. The van der Waals surface area contributed by atoms with Crippen molar-refractivity contribution < 1.29 is 22.7 Å². The number of piperazine rings is 1. The maximum Gasteiger partial charge on any atom is 0.421 e. The van der Waals surface area contributed by atoms with Gasteiger partial charge in [0, 0.05) is 52.0 Å². The highest BCUT2D eigenvalue weighted by Crippen LogP contribution is 2.36. The number of likely N-dealkylation sites (N-methyl/N-ethyl adjacent to an activating group) is 1. The standard InChI is InChI=1S/C22H31F3N8O2S/c1-15-19(36-21(28-15)33-9-7-31(2)8-10-33)30-20-27-14-16(22(23,24)25)18(29-20)26-5-3-6-32-11-13-35-12-4-17(32)34/h14H,3-13H2,1-2H3,(H2,26,27,29,30). The molecule has 198 valence electrons. The molecule has 1 amide bonds. The molecule has 4 heterocycles. The van der Waals surface area contributed by atoms with Crippen LogP contribution in [0.3, 0.4) is 0 Å². The molecule has 0 aliphatic carbocycles. The van der Waals surface area contributed by atoms with Crippen LogP contribution in [0.2, 0.25) is 0 Å². The van der Waals surface area contributed by atoms with E-state index in [4.69, 9.17) is 4.74 Å². The third kappa shape index (κ3) is 6.73. The zero-order chi connectivity index (χ0) is 25.7. The van der Waals surface area contributed by atoms with Crippen LogP contribution in [0.25, 0.3) is 0 Å². The minimum atomic E-state index is -4.60. The molecule has 0 bridgehead atoms. The van der Waals surface area contributed by atoms with Crippen molar-refractivity contribution in [1.29, 1.82) is 0 Å². The number of amides is 1. The van der Waals surface area contributed by atoms with Crippen LogP contribution in [0.15, 0.2) is 6.20 Å². The van der Waals surface area contributed by atoms with Gasteiger partial charge in [0.15, 0.2) is 5.13 Å². The van der Waals surface area contributed by atoms with Gasteiger partial charge < -0.3 is 30.1 Å². The van der Waals surface area contributed by atoms with E-state index in [1.807, 2.05) is 6.92 Å². The zero-order valence-electron chi connectivity index (χ0n) is 20.4. The summed E-state index contributed by atoms with van der Waals surface area (Å²) in [6, 6.07) is 0.